The van der Waals surface area contributed by atoms with Gasteiger partial charge in [0.15, 0.2) is 0 Å². The third-order valence-electron chi connectivity index (χ3n) is 3.99. The van der Waals surface area contributed by atoms with Crippen molar-refractivity contribution in [2.75, 3.05) is 13.1 Å². The Bertz CT molecular complexity index is 850. The average molecular weight is 319 g/mol. The lowest BCUT2D eigenvalue weighted by Crippen LogP contribution is -2.40. The van der Waals surface area contributed by atoms with Crippen molar-refractivity contribution in [3.63, 3.8) is 0 Å². The standard InChI is InChI=1S/C15H14FN3O4/c16-15(14(22)23)5-6-18(8-15)12(20)7-19-9-17-11-4-2-1-3-10(11)13(19)21/h1-4,9H,5-8H2,(H,22,23). The van der Waals surface area contributed by atoms with Crippen LogP contribution in [0.3, 0.4) is 0 Å². The number of likely N-dealkylation sites (tertiary alicyclic amines) is 1. The number of amides is 1. The van der Waals surface area contributed by atoms with E-state index >= 15 is 0 Å². The van der Waals surface area contributed by atoms with Crippen LogP contribution < -0.4 is 5.56 Å². The maximum absolute atomic E-state index is 14.0. The molecule has 1 atom stereocenters. The summed E-state index contributed by atoms with van der Waals surface area (Å²) in [6, 6.07) is 6.75. The predicted molar refractivity (Wildman–Crippen MR) is 78.7 cm³/mol. The van der Waals surface area contributed by atoms with E-state index in [1.807, 2.05) is 0 Å². The fourth-order valence-corrected chi connectivity index (χ4v) is 2.62. The lowest BCUT2D eigenvalue weighted by atomic mass is 10.1. The van der Waals surface area contributed by atoms with E-state index in [1.54, 1.807) is 24.3 Å². The largest absolute Gasteiger partial charge is 0.479 e. The fourth-order valence-electron chi connectivity index (χ4n) is 2.62. The molecule has 23 heavy (non-hydrogen) atoms. The van der Waals surface area contributed by atoms with Gasteiger partial charge in [-0.05, 0) is 12.1 Å². The Morgan fingerprint density at radius 1 is 1.35 bits per heavy atom. The Morgan fingerprint density at radius 3 is 2.78 bits per heavy atom. The molecule has 0 aliphatic carbocycles. The summed E-state index contributed by atoms with van der Waals surface area (Å²) in [7, 11) is 0. The molecule has 1 saturated heterocycles. The molecular weight excluding hydrogens is 305 g/mol. The van der Waals surface area contributed by atoms with Crippen molar-refractivity contribution in [2.24, 2.45) is 0 Å². The number of alkyl halides is 1. The van der Waals surface area contributed by atoms with Crippen molar-refractivity contribution in [1.82, 2.24) is 14.5 Å². The van der Waals surface area contributed by atoms with Gasteiger partial charge in [0.1, 0.15) is 6.54 Å². The summed E-state index contributed by atoms with van der Waals surface area (Å²) in [4.78, 5) is 40.6. The molecule has 0 spiro atoms. The Labute approximate surface area is 130 Å². The number of aromatic nitrogens is 2. The van der Waals surface area contributed by atoms with Crippen LogP contribution in [0.4, 0.5) is 4.39 Å². The van der Waals surface area contributed by atoms with Gasteiger partial charge in [0.2, 0.25) is 11.6 Å². The first-order chi connectivity index (χ1) is 10.9. The smallest absolute Gasteiger partial charge is 0.343 e. The second kappa shape index (κ2) is 5.45. The van der Waals surface area contributed by atoms with Gasteiger partial charge in [-0.1, -0.05) is 12.1 Å². The van der Waals surface area contributed by atoms with E-state index in [2.05, 4.69) is 4.98 Å². The average Bonchev–Trinajstić information content (AvgIpc) is 2.94. The summed E-state index contributed by atoms with van der Waals surface area (Å²) >= 11 is 0. The van der Waals surface area contributed by atoms with Gasteiger partial charge in [0, 0.05) is 13.0 Å². The maximum Gasteiger partial charge on any atom is 0.343 e. The van der Waals surface area contributed by atoms with E-state index in [4.69, 9.17) is 5.11 Å². The number of halogens is 1. The summed E-state index contributed by atoms with van der Waals surface area (Å²) in [5.74, 6) is -2.08. The first-order valence-corrected chi connectivity index (χ1v) is 7.05. The van der Waals surface area contributed by atoms with Crippen molar-refractivity contribution < 1.29 is 19.1 Å². The molecule has 2 aromatic rings. The Balaban J connectivity index is 1.80. The number of nitrogens with zero attached hydrogens (tertiary/aromatic N) is 3. The monoisotopic (exact) mass is 319 g/mol. The molecule has 0 bridgehead atoms. The van der Waals surface area contributed by atoms with Crippen LogP contribution in [0.1, 0.15) is 6.42 Å². The summed E-state index contributed by atoms with van der Waals surface area (Å²) < 4.78 is 15.1. The third-order valence-corrected chi connectivity index (χ3v) is 3.99. The normalized spacial score (nSPS) is 20.8. The van der Waals surface area contributed by atoms with Crippen LogP contribution in [0, 0.1) is 0 Å². The molecule has 1 N–H and O–H groups in total. The molecule has 120 valence electrons. The second-order valence-electron chi connectivity index (χ2n) is 5.53. The highest BCUT2D eigenvalue weighted by Gasteiger charge is 2.46. The SMILES string of the molecule is O=C(Cn1cnc2ccccc2c1=O)N1CCC(F)(C(=O)O)C1. The number of carbonyl (C=O) groups is 2. The van der Waals surface area contributed by atoms with Crippen LogP contribution in [0.2, 0.25) is 0 Å². The zero-order valence-electron chi connectivity index (χ0n) is 12.1. The number of carboxylic acid groups (broad SMARTS) is 1. The zero-order valence-corrected chi connectivity index (χ0v) is 12.1. The van der Waals surface area contributed by atoms with Crippen molar-refractivity contribution in [3.8, 4) is 0 Å². The molecule has 1 aromatic heterocycles. The molecule has 1 fully saturated rings. The van der Waals surface area contributed by atoms with Crippen LogP contribution in [0.15, 0.2) is 35.4 Å². The van der Waals surface area contributed by atoms with Crippen molar-refractivity contribution in [1.29, 1.82) is 0 Å². The van der Waals surface area contributed by atoms with Crippen molar-refractivity contribution in [3.05, 3.63) is 40.9 Å². The van der Waals surface area contributed by atoms with E-state index in [9.17, 15) is 18.8 Å². The number of carboxylic acids is 1. The molecule has 3 rings (SSSR count). The fraction of sp³-hybridized carbons (Fsp3) is 0.333. The lowest BCUT2D eigenvalue weighted by Gasteiger charge is -2.18. The Hall–Kier alpha value is -2.77. The van der Waals surface area contributed by atoms with Crippen LogP contribution in [-0.4, -0.2) is 50.2 Å². The number of benzene rings is 1. The van der Waals surface area contributed by atoms with Crippen LogP contribution in [0.25, 0.3) is 10.9 Å². The van der Waals surface area contributed by atoms with Crippen molar-refractivity contribution >= 4 is 22.8 Å². The molecule has 7 nitrogen and oxygen atoms in total. The summed E-state index contributed by atoms with van der Waals surface area (Å²) in [5.41, 5.74) is -2.26. The molecule has 0 radical (unpaired) electrons. The van der Waals surface area contributed by atoms with Gasteiger partial charge in [0.25, 0.3) is 5.56 Å². The van der Waals surface area contributed by atoms with Crippen LogP contribution >= 0.6 is 0 Å². The number of aliphatic carboxylic acids is 1. The molecule has 1 aliphatic rings. The number of hydrogen-bond acceptors (Lipinski definition) is 4. The van der Waals surface area contributed by atoms with Gasteiger partial charge >= 0.3 is 5.97 Å². The molecule has 1 aromatic carbocycles. The predicted octanol–water partition coefficient (Wildman–Crippen LogP) is 0.422. The molecule has 1 amide bonds. The van der Waals surface area contributed by atoms with E-state index in [0.717, 1.165) is 9.47 Å². The Kier molecular flexibility index (Phi) is 3.59. The number of carbonyl (C=O) groups excluding carboxylic acids is 1. The van der Waals surface area contributed by atoms with Crippen molar-refractivity contribution in [2.45, 2.75) is 18.6 Å². The zero-order chi connectivity index (χ0) is 16.6. The van der Waals surface area contributed by atoms with Gasteiger partial charge in [-0.15, -0.1) is 0 Å². The summed E-state index contributed by atoms with van der Waals surface area (Å²) in [6.07, 6.45) is 1.01. The van der Waals surface area contributed by atoms with E-state index < -0.39 is 24.1 Å². The molecule has 1 unspecified atom stereocenters. The first kappa shape index (κ1) is 15.1. The molecule has 0 saturated carbocycles. The highest BCUT2D eigenvalue weighted by atomic mass is 19.1. The van der Waals surface area contributed by atoms with E-state index in [0.29, 0.717) is 10.9 Å². The minimum Gasteiger partial charge on any atom is -0.479 e. The van der Waals surface area contributed by atoms with E-state index in [1.165, 1.54) is 6.33 Å². The Morgan fingerprint density at radius 2 is 2.09 bits per heavy atom. The topological polar surface area (TPSA) is 92.5 Å². The molecular formula is C15H14FN3O4. The number of hydrogen-bond donors (Lipinski definition) is 1. The minimum absolute atomic E-state index is 0.0113. The summed E-state index contributed by atoms with van der Waals surface area (Å²) in [6.45, 7) is -0.791. The summed E-state index contributed by atoms with van der Waals surface area (Å²) in [5, 5.41) is 9.23. The number of para-hydroxylation sites is 1. The van der Waals surface area contributed by atoms with Gasteiger partial charge < -0.3 is 10.0 Å². The third kappa shape index (κ3) is 2.67. The van der Waals surface area contributed by atoms with Gasteiger partial charge in [-0.2, -0.15) is 0 Å². The van der Waals surface area contributed by atoms with Crippen LogP contribution in [-0.2, 0) is 16.1 Å². The van der Waals surface area contributed by atoms with Gasteiger partial charge in [0.05, 0.1) is 23.8 Å². The van der Waals surface area contributed by atoms with Gasteiger partial charge in [-0.25, -0.2) is 14.2 Å². The number of rotatable bonds is 3. The van der Waals surface area contributed by atoms with Gasteiger partial charge in [-0.3, -0.25) is 14.2 Å². The lowest BCUT2D eigenvalue weighted by molar-refractivity contribution is -0.150. The highest BCUT2D eigenvalue weighted by molar-refractivity contribution is 5.82. The quantitative estimate of drug-likeness (QED) is 0.885. The molecule has 1 aliphatic heterocycles. The molecule has 2 heterocycles. The minimum atomic E-state index is -2.41. The van der Waals surface area contributed by atoms with E-state index in [-0.39, 0.29) is 25.1 Å². The van der Waals surface area contributed by atoms with Crippen LogP contribution in [0.5, 0.6) is 0 Å². The molecule has 8 heteroatoms. The second-order valence-corrected chi connectivity index (χ2v) is 5.53. The number of fused-ring (bicyclic) bond motifs is 1. The first-order valence-electron chi connectivity index (χ1n) is 7.05. The maximum atomic E-state index is 14.0. The highest BCUT2D eigenvalue weighted by Crippen LogP contribution is 2.26.